The van der Waals surface area contributed by atoms with Crippen molar-refractivity contribution in [3.63, 3.8) is 0 Å². The van der Waals surface area contributed by atoms with Gasteiger partial charge in [0.25, 0.3) is 6.08 Å². The maximum atomic E-state index is 9.68. The first kappa shape index (κ1) is 8.78. The van der Waals surface area contributed by atoms with Crippen LogP contribution in [0.2, 0.25) is 5.02 Å². The highest BCUT2D eigenvalue weighted by molar-refractivity contribution is 6.30. The predicted molar refractivity (Wildman–Crippen MR) is 46.4 cm³/mol. The highest BCUT2D eigenvalue weighted by atomic mass is 35.5. The van der Waals surface area contributed by atoms with Gasteiger partial charge in [-0.15, -0.1) is 0 Å². The largest absolute Gasteiger partial charge is 0.295 e. The van der Waals surface area contributed by atoms with Gasteiger partial charge in [0.15, 0.2) is 0 Å². The highest BCUT2D eigenvalue weighted by Crippen LogP contribution is 2.09. The lowest BCUT2D eigenvalue weighted by molar-refractivity contribution is 0.557. The Morgan fingerprint density at radius 3 is 3.08 bits per heavy atom. The third-order valence-corrected chi connectivity index (χ3v) is 1.53. The van der Waals surface area contributed by atoms with Gasteiger partial charge >= 0.3 is 0 Å². The van der Waals surface area contributed by atoms with E-state index in [2.05, 4.69) is 10.5 Å². The molecule has 0 saturated heterocycles. The minimum atomic E-state index is 0.482. The zero-order chi connectivity index (χ0) is 8.81. The van der Waals surface area contributed by atoms with Gasteiger partial charge in [-0.05, 0) is 17.7 Å². The standard InChI is InChI=1S/C8H7ClN2O/c9-8-3-1-2-7(4-8)5-10-11-6-12/h1-4,10H,5H2. The molecule has 1 N–H and O–H groups in total. The van der Waals surface area contributed by atoms with Gasteiger partial charge in [-0.1, -0.05) is 28.8 Å². The Balaban J connectivity index is 2.57. The minimum Gasteiger partial charge on any atom is -0.295 e. The molecule has 1 rings (SSSR count). The number of hydrogen-bond acceptors (Lipinski definition) is 3. The van der Waals surface area contributed by atoms with Gasteiger partial charge in [0.1, 0.15) is 0 Å². The van der Waals surface area contributed by atoms with Crippen molar-refractivity contribution in [3.8, 4) is 0 Å². The quantitative estimate of drug-likeness (QED) is 0.439. The number of benzene rings is 1. The zero-order valence-electron chi connectivity index (χ0n) is 6.25. The van der Waals surface area contributed by atoms with Crippen LogP contribution in [0.15, 0.2) is 29.4 Å². The Kier molecular flexibility index (Phi) is 3.33. The smallest absolute Gasteiger partial charge is 0.258 e. The predicted octanol–water partition coefficient (Wildman–Crippen LogP) is 1.68. The van der Waals surface area contributed by atoms with Crippen LogP contribution in [0.5, 0.6) is 0 Å². The third kappa shape index (κ3) is 2.74. The van der Waals surface area contributed by atoms with E-state index in [1.807, 2.05) is 12.1 Å². The number of rotatable bonds is 3. The van der Waals surface area contributed by atoms with Crippen molar-refractivity contribution < 1.29 is 4.79 Å². The monoisotopic (exact) mass is 182 g/mol. The summed E-state index contributed by atoms with van der Waals surface area (Å²) in [7, 11) is 0. The molecule has 0 heterocycles. The SMILES string of the molecule is O=C=NNCc1cccc(Cl)c1. The third-order valence-electron chi connectivity index (χ3n) is 1.30. The van der Waals surface area contributed by atoms with Gasteiger partial charge in [-0.2, -0.15) is 0 Å². The molecule has 3 nitrogen and oxygen atoms in total. The maximum absolute atomic E-state index is 9.68. The molecule has 0 aromatic heterocycles. The topological polar surface area (TPSA) is 41.5 Å². The molecule has 12 heavy (non-hydrogen) atoms. The highest BCUT2D eigenvalue weighted by Gasteiger charge is 1.91. The van der Waals surface area contributed by atoms with Crippen LogP contribution in [-0.4, -0.2) is 6.08 Å². The lowest BCUT2D eigenvalue weighted by Gasteiger charge is -1.98. The zero-order valence-corrected chi connectivity index (χ0v) is 7.01. The number of nitrogens with one attached hydrogen (secondary N) is 1. The van der Waals surface area contributed by atoms with Crippen LogP contribution < -0.4 is 5.43 Å². The summed E-state index contributed by atoms with van der Waals surface area (Å²) in [5.74, 6) is 0. The molecule has 0 atom stereocenters. The van der Waals surface area contributed by atoms with Gasteiger partial charge in [0.2, 0.25) is 0 Å². The molecule has 0 aliphatic heterocycles. The summed E-state index contributed by atoms with van der Waals surface area (Å²) in [6.45, 7) is 0.482. The Morgan fingerprint density at radius 2 is 2.42 bits per heavy atom. The summed E-state index contributed by atoms with van der Waals surface area (Å²) >= 11 is 5.72. The van der Waals surface area contributed by atoms with Crippen molar-refractivity contribution in [1.82, 2.24) is 5.43 Å². The van der Waals surface area contributed by atoms with Crippen LogP contribution in [0, 0.1) is 0 Å². The van der Waals surface area contributed by atoms with E-state index in [-0.39, 0.29) is 0 Å². The fourth-order valence-electron chi connectivity index (χ4n) is 0.810. The second kappa shape index (κ2) is 4.54. The van der Waals surface area contributed by atoms with Crippen molar-refractivity contribution in [1.29, 1.82) is 0 Å². The molecular formula is C8H7ClN2O. The van der Waals surface area contributed by atoms with Gasteiger partial charge in [-0.3, -0.25) is 5.43 Å². The summed E-state index contributed by atoms with van der Waals surface area (Å²) in [6, 6.07) is 7.31. The first-order chi connectivity index (χ1) is 5.83. The van der Waals surface area contributed by atoms with Crippen LogP contribution in [-0.2, 0) is 11.3 Å². The number of halogens is 1. The molecule has 0 aliphatic rings. The second-order valence-electron chi connectivity index (χ2n) is 2.17. The van der Waals surface area contributed by atoms with E-state index < -0.39 is 0 Å². The molecule has 1 aromatic rings. The number of hydrazone groups is 1. The van der Waals surface area contributed by atoms with Crippen molar-refractivity contribution in [3.05, 3.63) is 34.9 Å². The van der Waals surface area contributed by atoms with Gasteiger partial charge in [0.05, 0.1) is 6.54 Å². The fraction of sp³-hybridized carbons (Fsp3) is 0.125. The van der Waals surface area contributed by atoms with Gasteiger partial charge in [0, 0.05) is 5.02 Å². The van der Waals surface area contributed by atoms with Crippen molar-refractivity contribution in [2.45, 2.75) is 6.54 Å². The van der Waals surface area contributed by atoms with E-state index in [1.165, 1.54) is 6.08 Å². The van der Waals surface area contributed by atoms with Crippen molar-refractivity contribution in [2.75, 3.05) is 0 Å². The van der Waals surface area contributed by atoms with Crippen LogP contribution in [0.3, 0.4) is 0 Å². The molecular weight excluding hydrogens is 176 g/mol. The average molecular weight is 183 g/mol. The van der Waals surface area contributed by atoms with Crippen molar-refractivity contribution in [2.24, 2.45) is 5.10 Å². The Morgan fingerprint density at radius 1 is 1.58 bits per heavy atom. The average Bonchev–Trinajstić information content (AvgIpc) is 2.05. The first-order valence-corrected chi connectivity index (χ1v) is 3.75. The molecule has 0 aliphatic carbocycles. The minimum absolute atomic E-state index is 0.482. The number of hydrogen-bond donors (Lipinski definition) is 1. The van der Waals surface area contributed by atoms with Crippen LogP contribution in [0.1, 0.15) is 5.56 Å². The van der Waals surface area contributed by atoms with Crippen LogP contribution >= 0.6 is 11.6 Å². The molecule has 0 bridgehead atoms. The summed E-state index contributed by atoms with van der Waals surface area (Å²) in [4.78, 5) is 9.68. The molecule has 4 heteroatoms. The number of carbonyl (C=O) groups excluding carboxylic acids is 1. The van der Waals surface area contributed by atoms with E-state index >= 15 is 0 Å². The van der Waals surface area contributed by atoms with Crippen molar-refractivity contribution >= 4 is 17.7 Å². The number of isocyanates is 1. The Bertz CT molecular complexity index is 308. The summed E-state index contributed by atoms with van der Waals surface area (Å²) in [5, 5.41) is 3.87. The fourth-order valence-corrected chi connectivity index (χ4v) is 1.02. The summed E-state index contributed by atoms with van der Waals surface area (Å²) < 4.78 is 0. The molecule has 0 spiro atoms. The second-order valence-corrected chi connectivity index (χ2v) is 2.60. The molecule has 1 aromatic carbocycles. The summed E-state index contributed by atoms with van der Waals surface area (Å²) in [5.41, 5.74) is 3.49. The molecule has 0 amide bonds. The normalized spacial score (nSPS) is 8.75. The van der Waals surface area contributed by atoms with Gasteiger partial charge < -0.3 is 0 Å². The summed E-state index contributed by atoms with van der Waals surface area (Å²) in [6.07, 6.45) is 1.38. The van der Waals surface area contributed by atoms with E-state index in [1.54, 1.807) is 12.1 Å². The lowest BCUT2D eigenvalue weighted by Crippen LogP contribution is -2.03. The molecule has 0 fully saturated rings. The molecule has 0 saturated carbocycles. The molecule has 62 valence electrons. The van der Waals surface area contributed by atoms with E-state index in [9.17, 15) is 4.79 Å². The van der Waals surface area contributed by atoms with Crippen LogP contribution in [0.25, 0.3) is 0 Å². The first-order valence-electron chi connectivity index (χ1n) is 3.37. The lowest BCUT2D eigenvalue weighted by atomic mass is 10.2. The van der Waals surface area contributed by atoms with E-state index in [0.717, 1.165) is 5.56 Å². The van der Waals surface area contributed by atoms with Crippen LogP contribution in [0.4, 0.5) is 0 Å². The molecule has 0 unspecified atom stereocenters. The number of nitrogens with zero attached hydrogens (tertiary/aromatic N) is 1. The molecule has 0 radical (unpaired) electrons. The van der Waals surface area contributed by atoms with E-state index in [4.69, 9.17) is 11.6 Å². The Hall–Kier alpha value is -1.31. The maximum Gasteiger partial charge on any atom is 0.258 e. The van der Waals surface area contributed by atoms with Gasteiger partial charge in [-0.25, -0.2) is 4.79 Å². The Labute approximate surface area is 75.0 Å². The van der Waals surface area contributed by atoms with E-state index in [0.29, 0.717) is 11.6 Å².